The third-order valence-electron chi connectivity index (χ3n) is 3.15. The van der Waals surface area contributed by atoms with Crippen LogP contribution >= 0.6 is 11.8 Å². The molecule has 1 aliphatic rings. The fourth-order valence-corrected chi connectivity index (χ4v) is 2.82. The molecule has 2 nitrogen and oxygen atoms in total. The largest absolute Gasteiger partial charge is 0.389 e. The van der Waals surface area contributed by atoms with Gasteiger partial charge in [-0.05, 0) is 12.8 Å². The standard InChI is InChI=1S/C13H25NOS/c1-2-10-16-11-9-14-12-13(15)7-5-3-4-6-8-13/h2,14-15H,1,3-12H2. The van der Waals surface area contributed by atoms with Gasteiger partial charge in [-0.3, -0.25) is 0 Å². The van der Waals surface area contributed by atoms with E-state index in [1.807, 2.05) is 17.8 Å². The van der Waals surface area contributed by atoms with Gasteiger partial charge < -0.3 is 10.4 Å². The second kappa shape index (κ2) is 8.15. The molecule has 16 heavy (non-hydrogen) atoms. The van der Waals surface area contributed by atoms with Crippen LogP contribution in [-0.4, -0.2) is 35.3 Å². The van der Waals surface area contributed by atoms with Gasteiger partial charge in [0.05, 0.1) is 5.60 Å². The molecule has 94 valence electrons. The number of thioether (sulfide) groups is 1. The lowest BCUT2D eigenvalue weighted by Crippen LogP contribution is -2.40. The Kier molecular flexibility index (Phi) is 7.17. The molecule has 0 aromatic carbocycles. The molecule has 0 aromatic heterocycles. The van der Waals surface area contributed by atoms with E-state index in [4.69, 9.17) is 0 Å². The molecule has 0 saturated heterocycles. The molecule has 0 amide bonds. The molecule has 0 radical (unpaired) electrons. The molecular weight excluding hydrogens is 218 g/mol. The monoisotopic (exact) mass is 243 g/mol. The normalized spacial score (nSPS) is 20.3. The summed E-state index contributed by atoms with van der Waals surface area (Å²) in [6.45, 7) is 5.44. The van der Waals surface area contributed by atoms with Gasteiger partial charge in [-0.1, -0.05) is 31.8 Å². The SMILES string of the molecule is C=CCSCCNCC1(O)CCCCCC1. The van der Waals surface area contributed by atoms with Crippen molar-refractivity contribution in [1.29, 1.82) is 0 Å². The maximum atomic E-state index is 10.4. The maximum absolute atomic E-state index is 10.4. The van der Waals surface area contributed by atoms with Crippen molar-refractivity contribution >= 4 is 11.8 Å². The molecule has 0 bridgehead atoms. The zero-order valence-corrected chi connectivity index (χ0v) is 11.0. The second-order valence-electron chi connectivity index (χ2n) is 4.68. The second-order valence-corrected chi connectivity index (χ2v) is 5.83. The van der Waals surface area contributed by atoms with Crippen LogP contribution in [0.4, 0.5) is 0 Å². The first-order valence-electron chi connectivity index (χ1n) is 6.39. The van der Waals surface area contributed by atoms with Gasteiger partial charge in [0, 0.05) is 24.6 Å². The van der Waals surface area contributed by atoms with Crippen LogP contribution in [0.3, 0.4) is 0 Å². The molecule has 1 saturated carbocycles. The third-order valence-corrected chi connectivity index (χ3v) is 4.11. The van der Waals surface area contributed by atoms with Gasteiger partial charge in [-0.25, -0.2) is 0 Å². The van der Waals surface area contributed by atoms with E-state index in [-0.39, 0.29) is 0 Å². The highest BCUT2D eigenvalue weighted by atomic mass is 32.2. The number of hydrogen-bond acceptors (Lipinski definition) is 3. The molecule has 1 fully saturated rings. The number of rotatable bonds is 7. The molecule has 0 spiro atoms. The Balaban J connectivity index is 2.07. The van der Waals surface area contributed by atoms with Crippen molar-refractivity contribution in [3.05, 3.63) is 12.7 Å². The van der Waals surface area contributed by atoms with Crippen molar-refractivity contribution in [1.82, 2.24) is 5.32 Å². The summed E-state index contributed by atoms with van der Waals surface area (Å²) in [5.41, 5.74) is -0.431. The van der Waals surface area contributed by atoms with E-state index in [0.717, 1.165) is 37.4 Å². The highest BCUT2D eigenvalue weighted by molar-refractivity contribution is 7.99. The third kappa shape index (κ3) is 5.92. The van der Waals surface area contributed by atoms with Gasteiger partial charge in [0.15, 0.2) is 0 Å². The van der Waals surface area contributed by atoms with Gasteiger partial charge in [0.2, 0.25) is 0 Å². The van der Waals surface area contributed by atoms with E-state index in [1.165, 1.54) is 25.7 Å². The molecule has 0 aliphatic heterocycles. The van der Waals surface area contributed by atoms with Crippen LogP contribution < -0.4 is 5.32 Å². The molecule has 0 unspecified atom stereocenters. The molecule has 1 aliphatic carbocycles. The first kappa shape index (κ1) is 14.1. The number of aliphatic hydroxyl groups is 1. The van der Waals surface area contributed by atoms with E-state index in [1.54, 1.807) is 0 Å². The first-order valence-corrected chi connectivity index (χ1v) is 7.54. The van der Waals surface area contributed by atoms with Crippen molar-refractivity contribution in [2.24, 2.45) is 0 Å². The van der Waals surface area contributed by atoms with Crippen molar-refractivity contribution in [2.45, 2.75) is 44.1 Å². The van der Waals surface area contributed by atoms with E-state index >= 15 is 0 Å². The summed E-state index contributed by atoms with van der Waals surface area (Å²) in [5.74, 6) is 2.12. The van der Waals surface area contributed by atoms with Crippen LogP contribution in [0.25, 0.3) is 0 Å². The van der Waals surface area contributed by atoms with E-state index in [2.05, 4.69) is 11.9 Å². The van der Waals surface area contributed by atoms with Crippen LogP contribution in [0.5, 0.6) is 0 Å². The lowest BCUT2D eigenvalue weighted by molar-refractivity contribution is 0.0259. The van der Waals surface area contributed by atoms with Crippen LogP contribution in [-0.2, 0) is 0 Å². The lowest BCUT2D eigenvalue weighted by Gasteiger charge is -2.26. The van der Waals surface area contributed by atoms with Crippen LogP contribution in [0, 0.1) is 0 Å². The van der Waals surface area contributed by atoms with Gasteiger partial charge >= 0.3 is 0 Å². The summed E-state index contributed by atoms with van der Waals surface area (Å²) in [5, 5.41) is 13.7. The average molecular weight is 243 g/mol. The van der Waals surface area contributed by atoms with Crippen LogP contribution in [0.1, 0.15) is 38.5 Å². The fourth-order valence-electron chi connectivity index (χ4n) is 2.20. The summed E-state index contributed by atoms with van der Waals surface area (Å²) in [4.78, 5) is 0. The Morgan fingerprint density at radius 1 is 1.25 bits per heavy atom. The molecule has 1 rings (SSSR count). The first-order chi connectivity index (χ1) is 7.77. The molecule has 2 N–H and O–H groups in total. The Bertz CT molecular complexity index is 188. The maximum Gasteiger partial charge on any atom is 0.0771 e. The Labute approximate surface area is 104 Å². The zero-order valence-electron chi connectivity index (χ0n) is 10.2. The van der Waals surface area contributed by atoms with Gasteiger partial charge in [0.25, 0.3) is 0 Å². The summed E-state index contributed by atoms with van der Waals surface area (Å²) in [7, 11) is 0. The molecule has 0 heterocycles. The average Bonchev–Trinajstić information content (AvgIpc) is 2.49. The van der Waals surface area contributed by atoms with E-state index in [0.29, 0.717) is 0 Å². The summed E-state index contributed by atoms with van der Waals surface area (Å²) in [6, 6.07) is 0. The smallest absolute Gasteiger partial charge is 0.0771 e. The predicted molar refractivity (Wildman–Crippen MR) is 73.0 cm³/mol. The topological polar surface area (TPSA) is 32.3 Å². The van der Waals surface area contributed by atoms with Crippen molar-refractivity contribution in [3.63, 3.8) is 0 Å². The van der Waals surface area contributed by atoms with Gasteiger partial charge in [0.1, 0.15) is 0 Å². The Morgan fingerprint density at radius 2 is 1.94 bits per heavy atom. The summed E-state index contributed by atoms with van der Waals surface area (Å²) < 4.78 is 0. The van der Waals surface area contributed by atoms with Crippen molar-refractivity contribution in [3.8, 4) is 0 Å². The van der Waals surface area contributed by atoms with E-state index in [9.17, 15) is 5.11 Å². The summed E-state index contributed by atoms with van der Waals surface area (Å²) >= 11 is 1.88. The Morgan fingerprint density at radius 3 is 2.56 bits per heavy atom. The predicted octanol–water partition coefficient (Wildman–Crippen LogP) is 2.58. The Hall–Kier alpha value is 0.01000. The fraction of sp³-hybridized carbons (Fsp3) is 0.846. The molecular formula is C13H25NOS. The van der Waals surface area contributed by atoms with Crippen molar-refractivity contribution in [2.75, 3.05) is 24.6 Å². The minimum Gasteiger partial charge on any atom is -0.389 e. The minimum atomic E-state index is -0.431. The van der Waals surface area contributed by atoms with Crippen LogP contribution in [0.15, 0.2) is 12.7 Å². The van der Waals surface area contributed by atoms with Gasteiger partial charge in [-0.15, -0.1) is 6.58 Å². The lowest BCUT2D eigenvalue weighted by atomic mass is 9.94. The zero-order chi connectivity index (χ0) is 11.7. The quantitative estimate of drug-likeness (QED) is 0.409. The highest BCUT2D eigenvalue weighted by Crippen LogP contribution is 2.26. The van der Waals surface area contributed by atoms with Crippen LogP contribution in [0.2, 0.25) is 0 Å². The minimum absolute atomic E-state index is 0.431. The highest BCUT2D eigenvalue weighted by Gasteiger charge is 2.26. The molecule has 0 aromatic rings. The molecule has 3 heteroatoms. The summed E-state index contributed by atoms with van der Waals surface area (Å²) in [6.07, 6.45) is 8.82. The van der Waals surface area contributed by atoms with Gasteiger partial charge in [-0.2, -0.15) is 11.8 Å². The number of nitrogens with one attached hydrogen (secondary N) is 1. The van der Waals surface area contributed by atoms with Crippen molar-refractivity contribution < 1.29 is 5.11 Å². The number of hydrogen-bond donors (Lipinski definition) is 2. The molecule has 0 atom stereocenters. The van der Waals surface area contributed by atoms with E-state index < -0.39 is 5.60 Å².